The fraction of sp³-hybridized carbons (Fsp3) is 0.130. The van der Waals surface area contributed by atoms with Crippen molar-refractivity contribution in [3.05, 3.63) is 108 Å². The van der Waals surface area contributed by atoms with Crippen molar-refractivity contribution in [3.63, 3.8) is 0 Å². The molecule has 26 heavy (non-hydrogen) atoms. The van der Waals surface area contributed by atoms with Gasteiger partial charge in [-0.25, -0.2) is 8.57 Å². The molecule has 0 aliphatic carbocycles. The Labute approximate surface area is 156 Å². The van der Waals surface area contributed by atoms with Crippen molar-refractivity contribution in [2.24, 2.45) is 4.36 Å². The first-order valence-electron chi connectivity index (χ1n) is 8.67. The lowest BCUT2D eigenvalue weighted by molar-refractivity contribution is 0.675. The van der Waals surface area contributed by atoms with E-state index >= 15 is 0 Å². The minimum atomic E-state index is -2.53. The van der Waals surface area contributed by atoms with E-state index in [1.807, 2.05) is 85.8 Å². The van der Waals surface area contributed by atoms with Crippen LogP contribution in [0.5, 0.6) is 0 Å². The van der Waals surface area contributed by atoms with Gasteiger partial charge in [0, 0.05) is 4.90 Å². The molecule has 3 aromatic rings. The summed E-state index contributed by atoms with van der Waals surface area (Å²) in [5.74, 6) is 0.429. The van der Waals surface area contributed by atoms with Crippen LogP contribution in [0.1, 0.15) is 18.1 Å². The Bertz CT molecular complexity index is 970. The zero-order chi connectivity index (χ0) is 18.2. The fourth-order valence-corrected chi connectivity index (χ4v) is 4.83. The predicted molar refractivity (Wildman–Crippen MR) is 110 cm³/mol. The third kappa shape index (κ3) is 4.93. The van der Waals surface area contributed by atoms with Crippen LogP contribution in [-0.2, 0) is 16.3 Å². The number of benzene rings is 3. The van der Waals surface area contributed by atoms with Gasteiger partial charge in [0.1, 0.15) is 0 Å². The van der Waals surface area contributed by atoms with Crippen molar-refractivity contribution in [1.29, 1.82) is 0 Å². The summed E-state index contributed by atoms with van der Waals surface area (Å²) in [6, 6.07) is 29.7. The minimum absolute atomic E-state index is 0.429. The van der Waals surface area contributed by atoms with Crippen molar-refractivity contribution in [2.45, 2.75) is 18.4 Å². The van der Waals surface area contributed by atoms with Gasteiger partial charge < -0.3 is 0 Å². The van der Waals surface area contributed by atoms with Crippen LogP contribution in [0.2, 0.25) is 0 Å². The second-order valence-corrected chi connectivity index (χ2v) is 8.57. The van der Waals surface area contributed by atoms with Gasteiger partial charge in [-0.2, -0.15) is 0 Å². The van der Waals surface area contributed by atoms with Crippen molar-refractivity contribution >= 4 is 15.8 Å². The van der Waals surface area contributed by atoms with E-state index in [1.165, 1.54) is 0 Å². The molecule has 2 nitrogen and oxygen atoms in total. The summed E-state index contributed by atoms with van der Waals surface area (Å²) in [5.41, 5.74) is 3.24. The van der Waals surface area contributed by atoms with E-state index in [0.717, 1.165) is 21.6 Å². The fourth-order valence-electron chi connectivity index (χ4n) is 2.78. The Morgan fingerprint density at radius 3 is 2.00 bits per heavy atom. The minimum Gasteiger partial charge on any atom is -0.244 e. The highest BCUT2D eigenvalue weighted by Gasteiger charge is 2.13. The first-order chi connectivity index (χ1) is 12.7. The first kappa shape index (κ1) is 18.2. The van der Waals surface area contributed by atoms with E-state index in [4.69, 9.17) is 0 Å². The molecule has 0 aliphatic rings. The zero-order valence-corrected chi connectivity index (χ0v) is 15.7. The van der Waals surface area contributed by atoms with Crippen LogP contribution in [0.3, 0.4) is 0 Å². The lowest BCUT2D eigenvalue weighted by Gasteiger charge is -2.12. The van der Waals surface area contributed by atoms with Crippen molar-refractivity contribution in [2.75, 3.05) is 5.75 Å². The van der Waals surface area contributed by atoms with Crippen LogP contribution < -0.4 is 0 Å². The maximum absolute atomic E-state index is 13.8. The van der Waals surface area contributed by atoms with Gasteiger partial charge in [-0.1, -0.05) is 90.5 Å². The van der Waals surface area contributed by atoms with E-state index in [1.54, 1.807) is 0 Å². The molecule has 0 bridgehead atoms. The van der Waals surface area contributed by atoms with Gasteiger partial charge in [-0.3, -0.25) is 0 Å². The molecule has 0 unspecified atom stereocenters. The van der Waals surface area contributed by atoms with Gasteiger partial charge in [0.05, 0.1) is 22.0 Å². The second-order valence-electron chi connectivity index (χ2n) is 6.27. The van der Waals surface area contributed by atoms with Gasteiger partial charge in [0.15, 0.2) is 0 Å². The predicted octanol–water partition coefficient (Wildman–Crippen LogP) is 5.82. The van der Waals surface area contributed by atoms with Gasteiger partial charge in [-0.15, -0.1) is 0 Å². The highest BCUT2D eigenvalue weighted by Crippen LogP contribution is 2.19. The number of hydrogen-bond acceptors (Lipinski definition) is 2. The molecular weight excluding hydrogens is 338 g/mol. The van der Waals surface area contributed by atoms with E-state index in [9.17, 15) is 4.21 Å². The van der Waals surface area contributed by atoms with Crippen LogP contribution in [0.15, 0.2) is 106 Å². The topological polar surface area (TPSA) is 29.4 Å². The highest BCUT2D eigenvalue weighted by atomic mass is 32.2. The largest absolute Gasteiger partial charge is 0.244 e. The summed E-state index contributed by atoms with van der Waals surface area (Å²) in [6.07, 6.45) is 2.08. The Balaban J connectivity index is 1.93. The van der Waals surface area contributed by atoms with Crippen LogP contribution in [0, 0.1) is 0 Å². The standard InChI is InChI=1S/C23H23NOS/c1-20(17-21-11-5-2-6-12-21)19-26(25,23-15-9-4-10-16-23)24-18-22-13-7-3-8-14-22/h2-17H,18-19H2,1H3/b20-17+/t26-/m0/s1. The second kappa shape index (κ2) is 8.63. The van der Waals surface area contributed by atoms with Crippen LogP contribution in [0.4, 0.5) is 0 Å². The summed E-state index contributed by atoms with van der Waals surface area (Å²) in [5, 5.41) is 0. The Hall–Kier alpha value is -2.65. The molecule has 0 spiro atoms. The molecule has 3 rings (SSSR count). The van der Waals surface area contributed by atoms with Crippen LogP contribution >= 0.6 is 0 Å². The molecule has 3 aromatic carbocycles. The third-order valence-electron chi connectivity index (χ3n) is 4.05. The van der Waals surface area contributed by atoms with Crippen LogP contribution in [0.25, 0.3) is 6.08 Å². The van der Waals surface area contributed by atoms with Gasteiger partial charge in [-0.05, 0) is 30.2 Å². The number of rotatable bonds is 6. The molecule has 132 valence electrons. The van der Waals surface area contributed by atoms with Crippen LogP contribution in [-0.4, -0.2) is 9.96 Å². The summed E-state index contributed by atoms with van der Waals surface area (Å²) in [6.45, 7) is 2.47. The van der Waals surface area contributed by atoms with Gasteiger partial charge in [0.2, 0.25) is 0 Å². The normalized spacial score (nSPS) is 13.8. The summed E-state index contributed by atoms with van der Waals surface area (Å²) in [7, 11) is -2.53. The molecule has 0 aromatic heterocycles. The summed E-state index contributed by atoms with van der Waals surface area (Å²) >= 11 is 0. The first-order valence-corrected chi connectivity index (χ1v) is 10.4. The monoisotopic (exact) mass is 361 g/mol. The summed E-state index contributed by atoms with van der Waals surface area (Å²) in [4.78, 5) is 0.789. The Morgan fingerprint density at radius 2 is 1.38 bits per heavy atom. The van der Waals surface area contributed by atoms with E-state index < -0.39 is 9.73 Å². The third-order valence-corrected chi connectivity index (χ3v) is 6.45. The van der Waals surface area contributed by atoms with Crippen molar-refractivity contribution in [3.8, 4) is 0 Å². The molecule has 0 fully saturated rings. The lowest BCUT2D eigenvalue weighted by Crippen LogP contribution is -2.08. The molecule has 0 saturated carbocycles. The molecule has 1 atom stereocenters. The zero-order valence-electron chi connectivity index (χ0n) is 14.9. The van der Waals surface area contributed by atoms with E-state index in [-0.39, 0.29) is 0 Å². The highest BCUT2D eigenvalue weighted by molar-refractivity contribution is 7.93. The summed E-state index contributed by atoms with van der Waals surface area (Å²) < 4.78 is 18.4. The smallest absolute Gasteiger partial charge is 0.0794 e. The molecule has 0 aliphatic heterocycles. The maximum atomic E-state index is 13.8. The lowest BCUT2D eigenvalue weighted by atomic mass is 10.1. The molecule has 0 saturated heterocycles. The van der Waals surface area contributed by atoms with E-state index in [0.29, 0.717) is 12.3 Å². The molecule has 0 N–H and O–H groups in total. The Kier molecular flexibility index (Phi) is 6.03. The molecular formula is C23H23NOS. The molecule has 0 radical (unpaired) electrons. The van der Waals surface area contributed by atoms with Crippen molar-refractivity contribution < 1.29 is 4.21 Å². The average molecular weight is 362 g/mol. The quantitative estimate of drug-likeness (QED) is 0.544. The van der Waals surface area contributed by atoms with Crippen molar-refractivity contribution in [1.82, 2.24) is 0 Å². The average Bonchev–Trinajstić information content (AvgIpc) is 2.69. The van der Waals surface area contributed by atoms with Gasteiger partial charge in [0.25, 0.3) is 0 Å². The SMILES string of the molecule is C/C(=C\c1ccccc1)C[S@@](=O)(=NCc1ccccc1)c1ccccc1. The number of hydrogen-bond donors (Lipinski definition) is 0. The number of nitrogens with zero attached hydrogens (tertiary/aromatic N) is 1. The molecule has 0 heterocycles. The Morgan fingerprint density at radius 1 is 0.846 bits per heavy atom. The molecule has 0 amide bonds. The maximum Gasteiger partial charge on any atom is 0.0794 e. The van der Waals surface area contributed by atoms with E-state index in [2.05, 4.69) is 22.6 Å². The molecule has 3 heteroatoms. The van der Waals surface area contributed by atoms with Gasteiger partial charge >= 0.3 is 0 Å².